The van der Waals surface area contributed by atoms with Crippen molar-refractivity contribution in [1.82, 2.24) is 0 Å². The van der Waals surface area contributed by atoms with E-state index in [1.165, 1.54) is 13.0 Å². The molecule has 0 aromatic heterocycles. The first-order chi connectivity index (χ1) is 11.1. The minimum Gasteiger partial charge on any atom is -0.494 e. The van der Waals surface area contributed by atoms with Crippen LogP contribution >= 0.6 is 0 Å². The third-order valence-corrected chi connectivity index (χ3v) is 3.11. The van der Waals surface area contributed by atoms with E-state index in [0.29, 0.717) is 12.2 Å². The molecular weight excluding hydrogens is 290 g/mol. The van der Waals surface area contributed by atoms with Crippen molar-refractivity contribution in [2.45, 2.75) is 13.8 Å². The highest BCUT2D eigenvalue weighted by Gasteiger charge is 2.02. The number of carbonyl (C=O) groups is 2. The summed E-state index contributed by atoms with van der Waals surface area (Å²) in [5.41, 5.74) is 2.23. The third kappa shape index (κ3) is 5.11. The van der Waals surface area contributed by atoms with Gasteiger partial charge in [0.2, 0.25) is 5.91 Å². The van der Waals surface area contributed by atoms with Gasteiger partial charge in [-0.05, 0) is 55.0 Å². The van der Waals surface area contributed by atoms with Crippen LogP contribution < -0.4 is 10.1 Å². The number of carbonyl (C=O) groups excluding carboxylic acids is 2. The summed E-state index contributed by atoms with van der Waals surface area (Å²) in [5, 5.41) is 2.70. The third-order valence-electron chi connectivity index (χ3n) is 3.11. The van der Waals surface area contributed by atoms with Crippen LogP contribution in [-0.4, -0.2) is 18.3 Å². The van der Waals surface area contributed by atoms with E-state index in [2.05, 4.69) is 5.32 Å². The average Bonchev–Trinajstić information content (AvgIpc) is 2.54. The van der Waals surface area contributed by atoms with Gasteiger partial charge >= 0.3 is 0 Å². The molecule has 4 nitrogen and oxygen atoms in total. The number of ether oxygens (including phenoxy) is 1. The van der Waals surface area contributed by atoms with Gasteiger partial charge in [0, 0.05) is 18.2 Å². The van der Waals surface area contributed by atoms with Crippen LogP contribution in [0.4, 0.5) is 5.69 Å². The second-order valence-corrected chi connectivity index (χ2v) is 4.96. The first kappa shape index (κ1) is 16.5. The first-order valence-electron chi connectivity index (χ1n) is 7.41. The van der Waals surface area contributed by atoms with E-state index >= 15 is 0 Å². The lowest BCUT2D eigenvalue weighted by atomic mass is 10.1. The second kappa shape index (κ2) is 7.94. The van der Waals surface area contributed by atoms with Crippen molar-refractivity contribution in [2.24, 2.45) is 0 Å². The Morgan fingerprint density at radius 1 is 1.04 bits per heavy atom. The van der Waals surface area contributed by atoms with Crippen molar-refractivity contribution in [3.63, 3.8) is 0 Å². The first-order valence-corrected chi connectivity index (χ1v) is 7.41. The molecule has 0 aliphatic rings. The summed E-state index contributed by atoms with van der Waals surface area (Å²) in [6.07, 6.45) is 3.28. The summed E-state index contributed by atoms with van der Waals surface area (Å²) in [6, 6.07) is 14.3. The van der Waals surface area contributed by atoms with E-state index < -0.39 is 0 Å². The van der Waals surface area contributed by atoms with Gasteiger partial charge in [-0.25, -0.2) is 0 Å². The fraction of sp³-hybridized carbons (Fsp3) is 0.158. The topological polar surface area (TPSA) is 55.4 Å². The summed E-state index contributed by atoms with van der Waals surface area (Å²) in [5.74, 6) is 0.569. The number of nitrogens with one attached hydrogen (secondary N) is 1. The van der Waals surface area contributed by atoms with E-state index in [4.69, 9.17) is 4.74 Å². The number of amides is 1. The number of benzene rings is 2. The van der Waals surface area contributed by atoms with Gasteiger partial charge in [-0.2, -0.15) is 0 Å². The Bertz CT molecular complexity index is 700. The van der Waals surface area contributed by atoms with Crippen molar-refractivity contribution in [1.29, 1.82) is 0 Å². The number of allylic oxidation sites excluding steroid dienone is 1. The van der Waals surface area contributed by atoms with Crippen molar-refractivity contribution in [3.8, 4) is 5.75 Å². The number of hydrogen-bond donors (Lipinski definition) is 1. The SMILES string of the molecule is CCOc1ccc(C(=O)/C=C/c2ccc(NC(C)=O)cc2)cc1. The van der Waals surface area contributed by atoms with E-state index in [9.17, 15) is 9.59 Å². The van der Waals surface area contributed by atoms with Gasteiger partial charge in [-0.1, -0.05) is 18.2 Å². The Hall–Kier alpha value is -2.88. The van der Waals surface area contributed by atoms with Gasteiger partial charge < -0.3 is 10.1 Å². The van der Waals surface area contributed by atoms with Gasteiger partial charge in [0.1, 0.15) is 5.75 Å². The lowest BCUT2D eigenvalue weighted by Gasteiger charge is -2.03. The number of hydrogen-bond acceptors (Lipinski definition) is 3. The quantitative estimate of drug-likeness (QED) is 0.649. The predicted octanol–water partition coefficient (Wildman–Crippen LogP) is 3.94. The average molecular weight is 309 g/mol. The summed E-state index contributed by atoms with van der Waals surface area (Å²) in [7, 11) is 0. The van der Waals surface area contributed by atoms with Crippen molar-refractivity contribution in [3.05, 3.63) is 65.7 Å². The minimum atomic E-state index is -0.112. The molecule has 0 unspecified atom stereocenters. The van der Waals surface area contributed by atoms with E-state index in [0.717, 1.165) is 17.0 Å². The van der Waals surface area contributed by atoms with Gasteiger partial charge in [0.25, 0.3) is 0 Å². The molecule has 1 amide bonds. The van der Waals surface area contributed by atoms with Gasteiger partial charge in [-0.15, -0.1) is 0 Å². The highest BCUT2D eigenvalue weighted by molar-refractivity contribution is 6.06. The fourth-order valence-corrected chi connectivity index (χ4v) is 2.03. The molecule has 2 rings (SSSR count). The van der Waals surface area contributed by atoms with Gasteiger partial charge in [-0.3, -0.25) is 9.59 Å². The van der Waals surface area contributed by atoms with Crippen molar-refractivity contribution < 1.29 is 14.3 Å². The fourth-order valence-electron chi connectivity index (χ4n) is 2.03. The molecule has 4 heteroatoms. The standard InChI is InChI=1S/C19H19NO3/c1-3-23-18-11-7-16(8-12-18)19(22)13-6-15-4-9-17(10-5-15)20-14(2)21/h4-13H,3H2,1-2H3,(H,20,21)/b13-6+. The Labute approximate surface area is 135 Å². The molecule has 118 valence electrons. The van der Waals surface area contributed by atoms with Crippen LogP contribution in [-0.2, 0) is 4.79 Å². The zero-order valence-corrected chi connectivity index (χ0v) is 13.2. The molecule has 0 fully saturated rings. The lowest BCUT2D eigenvalue weighted by molar-refractivity contribution is -0.114. The molecule has 0 bridgehead atoms. The molecule has 0 radical (unpaired) electrons. The lowest BCUT2D eigenvalue weighted by Crippen LogP contribution is -2.05. The second-order valence-electron chi connectivity index (χ2n) is 4.96. The van der Waals surface area contributed by atoms with Crippen LogP contribution in [0, 0.1) is 0 Å². The molecule has 23 heavy (non-hydrogen) atoms. The molecule has 1 N–H and O–H groups in total. The van der Waals surface area contributed by atoms with Gasteiger partial charge in [0.15, 0.2) is 5.78 Å². The molecule has 2 aromatic rings. The normalized spacial score (nSPS) is 10.5. The Morgan fingerprint density at radius 3 is 2.26 bits per heavy atom. The van der Waals surface area contributed by atoms with Crippen LogP contribution in [0.15, 0.2) is 54.6 Å². The molecular formula is C19H19NO3. The maximum Gasteiger partial charge on any atom is 0.221 e. The van der Waals surface area contributed by atoms with Crippen molar-refractivity contribution in [2.75, 3.05) is 11.9 Å². The highest BCUT2D eigenvalue weighted by Crippen LogP contribution is 2.14. The Balaban J connectivity index is 2.01. The van der Waals surface area contributed by atoms with Crippen molar-refractivity contribution >= 4 is 23.5 Å². The molecule has 0 saturated carbocycles. The van der Waals surface area contributed by atoms with E-state index in [-0.39, 0.29) is 11.7 Å². The van der Waals surface area contributed by atoms with Gasteiger partial charge in [0.05, 0.1) is 6.61 Å². The smallest absolute Gasteiger partial charge is 0.221 e. The van der Waals surface area contributed by atoms with Crippen LogP contribution in [0.25, 0.3) is 6.08 Å². The molecule has 0 spiro atoms. The maximum absolute atomic E-state index is 12.1. The Morgan fingerprint density at radius 2 is 1.70 bits per heavy atom. The monoisotopic (exact) mass is 309 g/mol. The molecule has 0 saturated heterocycles. The minimum absolute atomic E-state index is 0.0704. The number of ketones is 1. The summed E-state index contributed by atoms with van der Waals surface area (Å²) in [4.78, 5) is 23.1. The molecule has 2 aromatic carbocycles. The zero-order valence-electron chi connectivity index (χ0n) is 13.2. The van der Waals surface area contributed by atoms with Crippen LogP contribution in [0.2, 0.25) is 0 Å². The van der Waals surface area contributed by atoms with Crippen LogP contribution in [0.3, 0.4) is 0 Å². The summed E-state index contributed by atoms with van der Waals surface area (Å²) in [6.45, 7) is 3.98. The van der Waals surface area contributed by atoms with Crippen LogP contribution in [0.1, 0.15) is 29.8 Å². The molecule has 0 aliphatic carbocycles. The summed E-state index contributed by atoms with van der Waals surface area (Å²) < 4.78 is 5.35. The number of rotatable bonds is 6. The molecule has 0 atom stereocenters. The maximum atomic E-state index is 12.1. The predicted molar refractivity (Wildman–Crippen MR) is 91.7 cm³/mol. The van der Waals surface area contributed by atoms with E-state index in [1.54, 1.807) is 42.5 Å². The molecule has 0 aliphatic heterocycles. The van der Waals surface area contributed by atoms with E-state index in [1.807, 2.05) is 19.1 Å². The highest BCUT2D eigenvalue weighted by atomic mass is 16.5. The molecule has 0 heterocycles. The number of anilines is 1. The Kier molecular flexibility index (Phi) is 5.69. The largest absolute Gasteiger partial charge is 0.494 e. The summed E-state index contributed by atoms with van der Waals surface area (Å²) >= 11 is 0. The zero-order chi connectivity index (χ0) is 16.7. The van der Waals surface area contributed by atoms with Crippen LogP contribution in [0.5, 0.6) is 5.75 Å².